The van der Waals surface area contributed by atoms with Crippen molar-refractivity contribution in [3.63, 3.8) is 0 Å². The van der Waals surface area contributed by atoms with Gasteiger partial charge >= 0.3 is 0 Å². The molecule has 0 saturated heterocycles. The third-order valence-corrected chi connectivity index (χ3v) is 3.38. The van der Waals surface area contributed by atoms with Crippen LogP contribution in [0.5, 0.6) is 0 Å². The van der Waals surface area contributed by atoms with E-state index in [4.69, 9.17) is 0 Å². The normalized spacial score (nSPS) is 14.1. The lowest BCUT2D eigenvalue weighted by atomic mass is 9.87. The van der Waals surface area contributed by atoms with E-state index in [-0.39, 0.29) is 17.4 Å². The Balaban J connectivity index is 3.14. The van der Waals surface area contributed by atoms with Crippen LogP contribution in [0.25, 0.3) is 0 Å². The predicted octanol–water partition coefficient (Wildman–Crippen LogP) is 2.21. The highest BCUT2D eigenvalue weighted by atomic mass is 19.1. The first-order valence-corrected chi connectivity index (χ1v) is 5.91. The van der Waals surface area contributed by atoms with Crippen LogP contribution in [0.15, 0.2) is 18.5 Å². The molecule has 1 heterocycles. The van der Waals surface area contributed by atoms with Crippen LogP contribution in [0, 0.1) is 5.82 Å². The van der Waals surface area contributed by atoms with Gasteiger partial charge in [-0.25, -0.2) is 4.39 Å². The summed E-state index contributed by atoms with van der Waals surface area (Å²) < 4.78 is 13.8. The van der Waals surface area contributed by atoms with Crippen LogP contribution in [0.1, 0.15) is 32.4 Å². The third-order valence-electron chi connectivity index (χ3n) is 3.38. The van der Waals surface area contributed by atoms with Gasteiger partial charge in [0.1, 0.15) is 5.82 Å². The Morgan fingerprint density at radius 3 is 2.59 bits per heavy atom. The van der Waals surface area contributed by atoms with Crippen LogP contribution in [0.2, 0.25) is 0 Å². The second-order valence-electron chi connectivity index (χ2n) is 4.94. The zero-order chi connectivity index (χ0) is 13.1. The first-order valence-electron chi connectivity index (χ1n) is 5.91. The minimum atomic E-state index is -0.256. The first kappa shape index (κ1) is 14.1. The molecule has 1 rings (SSSR count). The molecule has 1 unspecified atom stereocenters. The minimum Gasteiger partial charge on any atom is -0.309 e. The van der Waals surface area contributed by atoms with E-state index in [2.05, 4.69) is 29.0 Å². The van der Waals surface area contributed by atoms with Crippen molar-refractivity contribution in [2.75, 3.05) is 20.6 Å². The van der Waals surface area contributed by atoms with E-state index in [0.29, 0.717) is 5.56 Å². The van der Waals surface area contributed by atoms with E-state index in [1.165, 1.54) is 6.20 Å². The largest absolute Gasteiger partial charge is 0.309 e. The van der Waals surface area contributed by atoms with Crippen LogP contribution in [0.3, 0.4) is 0 Å². The van der Waals surface area contributed by atoms with Crippen molar-refractivity contribution in [3.05, 3.63) is 29.8 Å². The molecule has 1 aromatic heterocycles. The van der Waals surface area contributed by atoms with Gasteiger partial charge < -0.3 is 10.2 Å². The number of nitrogens with one attached hydrogen (secondary N) is 1. The highest BCUT2D eigenvalue weighted by Crippen LogP contribution is 2.30. The predicted molar refractivity (Wildman–Crippen MR) is 68.4 cm³/mol. The Morgan fingerprint density at radius 1 is 1.47 bits per heavy atom. The van der Waals surface area contributed by atoms with Gasteiger partial charge in [0.25, 0.3) is 0 Å². The van der Waals surface area contributed by atoms with Crippen LogP contribution < -0.4 is 5.32 Å². The molecule has 3 nitrogen and oxygen atoms in total. The SMILES string of the molecule is CCNC(c1ccncc1F)C(C)(C)N(C)C. The average Bonchev–Trinajstić information content (AvgIpc) is 2.26. The van der Waals surface area contributed by atoms with E-state index < -0.39 is 0 Å². The smallest absolute Gasteiger partial charge is 0.146 e. The quantitative estimate of drug-likeness (QED) is 0.854. The lowest BCUT2D eigenvalue weighted by molar-refractivity contribution is 0.137. The first-order chi connectivity index (χ1) is 7.91. The molecule has 0 radical (unpaired) electrons. The van der Waals surface area contributed by atoms with Crippen molar-refractivity contribution >= 4 is 0 Å². The maximum atomic E-state index is 13.8. The summed E-state index contributed by atoms with van der Waals surface area (Å²) in [5, 5.41) is 3.35. The zero-order valence-corrected chi connectivity index (χ0v) is 11.3. The molecule has 0 aromatic carbocycles. The van der Waals surface area contributed by atoms with Crippen LogP contribution in [0.4, 0.5) is 4.39 Å². The standard InChI is InChI=1S/C13H22FN3/c1-6-16-12(13(2,3)17(4)5)10-7-8-15-9-11(10)14/h7-9,12,16H,6H2,1-5H3. The number of rotatable bonds is 5. The molecule has 0 spiro atoms. The van der Waals surface area contributed by atoms with Gasteiger partial charge in [0.15, 0.2) is 0 Å². The van der Waals surface area contributed by atoms with E-state index in [1.54, 1.807) is 12.3 Å². The Morgan fingerprint density at radius 2 is 2.12 bits per heavy atom. The number of hydrogen-bond donors (Lipinski definition) is 1. The van der Waals surface area contributed by atoms with Gasteiger partial charge in [-0.2, -0.15) is 0 Å². The number of nitrogens with zero attached hydrogens (tertiary/aromatic N) is 2. The van der Waals surface area contributed by atoms with E-state index in [0.717, 1.165) is 6.54 Å². The molecule has 0 aliphatic heterocycles. The van der Waals surface area contributed by atoms with Gasteiger partial charge in [-0.3, -0.25) is 4.98 Å². The van der Waals surface area contributed by atoms with E-state index in [9.17, 15) is 4.39 Å². The lowest BCUT2D eigenvalue weighted by Crippen LogP contribution is -2.49. The topological polar surface area (TPSA) is 28.2 Å². The van der Waals surface area contributed by atoms with Crippen molar-refractivity contribution in [3.8, 4) is 0 Å². The summed E-state index contributed by atoms with van der Waals surface area (Å²) in [6.45, 7) is 7.02. The van der Waals surface area contributed by atoms with Crippen molar-refractivity contribution < 1.29 is 4.39 Å². The highest BCUT2D eigenvalue weighted by molar-refractivity contribution is 5.21. The molecule has 0 aliphatic rings. The van der Waals surface area contributed by atoms with Crippen molar-refractivity contribution in [2.24, 2.45) is 0 Å². The summed E-state index contributed by atoms with van der Waals surface area (Å²) in [6, 6.07) is 1.68. The Labute approximate surface area is 103 Å². The summed E-state index contributed by atoms with van der Waals surface area (Å²) in [6.07, 6.45) is 2.90. The maximum Gasteiger partial charge on any atom is 0.146 e. The highest BCUT2D eigenvalue weighted by Gasteiger charge is 2.33. The van der Waals surface area contributed by atoms with Gasteiger partial charge in [0.05, 0.1) is 12.2 Å². The molecule has 1 N–H and O–H groups in total. The van der Waals surface area contributed by atoms with Crippen LogP contribution in [-0.4, -0.2) is 36.1 Å². The fraction of sp³-hybridized carbons (Fsp3) is 0.615. The third kappa shape index (κ3) is 3.01. The van der Waals surface area contributed by atoms with E-state index in [1.807, 2.05) is 21.0 Å². The van der Waals surface area contributed by atoms with Crippen molar-refractivity contribution in [2.45, 2.75) is 32.4 Å². The summed E-state index contributed by atoms with van der Waals surface area (Å²) >= 11 is 0. The van der Waals surface area contributed by atoms with Crippen molar-refractivity contribution in [1.82, 2.24) is 15.2 Å². The molecule has 96 valence electrons. The summed E-state index contributed by atoms with van der Waals surface area (Å²) in [4.78, 5) is 5.90. The molecule has 17 heavy (non-hydrogen) atoms. The van der Waals surface area contributed by atoms with Crippen LogP contribution >= 0.6 is 0 Å². The molecule has 1 atom stereocenters. The molecular formula is C13H22FN3. The summed E-state index contributed by atoms with van der Waals surface area (Å²) in [7, 11) is 4.01. The minimum absolute atomic E-state index is 0.0644. The fourth-order valence-electron chi connectivity index (χ4n) is 1.82. The van der Waals surface area contributed by atoms with Crippen molar-refractivity contribution in [1.29, 1.82) is 0 Å². The van der Waals surface area contributed by atoms with Gasteiger partial charge in [-0.1, -0.05) is 6.92 Å². The number of pyridine rings is 1. The molecule has 0 saturated carbocycles. The molecular weight excluding hydrogens is 217 g/mol. The van der Waals surface area contributed by atoms with Gasteiger partial charge in [-0.15, -0.1) is 0 Å². The Bertz CT molecular complexity index is 363. The summed E-state index contributed by atoms with van der Waals surface area (Å²) in [5.74, 6) is -0.256. The Hall–Kier alpha value is -1.00. The van der Waals surface area contributed by atoms with E-state index >= 15 is 0 Å². The number of halogens is 1. The monoisotopic (exact) mass is 239 g/mol. The molecule has 0 aliphatic carbocycles. The molecule has 0 amide bonds. The number of hydrogen-bond acceptors (Lipinski definition) is 3. The average molecular weight is 239 g/mol. The summed E-state index contributed by atoms with van der Waals surface area (Å²) in [5.41, 5.74) is 0.485. The molecule has 0 fully saturated rings. The Kier molecular flexibility index (Phi) is 4.60. The maximum absolute atomic E-state index is 13.8. The molecule has 4 heteroatoms. The zero-order valence-electron chi connectivity index (χ0n) is 11.3. The van der Waals surface area contributed by atoms with Gasteiger partial charge in [-0.05, 0) is 40.6 Å². The van der Waals surface area contributed by atoms with Gasteiger partial charge in [0, 0.05) is 17.3 Å². The number of aromatic nitrogens is 1. The second-order valence-corrected chi connectivity index (χ2v) is 4.94. The fourth-order valence-corrected chi connectivity index (χ4v) is 1.82. The second kappa shape index (κ2) is 5.56. The number of likely N-dealkylation sites (N-methyl/N-ethyl adjacent to an activating group) is 2. The molecule has 1 aromatic rings. The van der Waals surface area contributed by atoms with Crippen LogP contribution in [-0.2, 0) is 0 Å². The molecule has 0 bridgehead atoms. The van der Waals surface area contributed by atoms with Gasteiger partial charge in [0.2, 0.25) is 0 Å². The lowest BCUT2D eigenvalue weighted by Gasteiger charge is -2.40.